The van der Waals surface area contributed by atoms with Crippen molar-refractivity contribution in [2.24, 2.45) is 0 Å². The van der Waals surface area contributed by atoms with Crippen LogP contribution in [0.4, 0.5) is 5.95 Å². The van der Waals surface area contributed by atoms with E-state index in [4.69, 9.17) is 5.73 Å². The number of carbonyl (C=O) groups is 1. The van der Waals surface area contributed by atoms with Crippen molar-refractivity contribution in [1.29, 1.82) is 0 Å². The molecule has 1 atom stereocenters. The first kappa shape index (κ1) is 17.2. The number of hydrogen-bond acceptors (Lipinski definition) is 5. The van der Waals surface area contributed by atoms with E-state index in [0.717, 1.165) is 36.5 Å². The number of hydrogen-bond donors (Lipinski definition) is 1. The number of likely N-dealkylation sites (tertiary alicyclic amines) is 1. The number of benzene rings is 1. The highest BCUT2D eigenvalue weighted by Gasteiger charge is 2.26. The third-order valence-electron chi connectivity index (χ3n) is 4.92. The van der Waals surface area contributed by atoms with Crippen molar-refractivity contribution in [3.05, 3.63) is 65.7 Å². The maximum atomic E-state index is 12.9. The van der Waals surface area contributed by atoms with Gasteiger partial charge in [0.2, 0.25) is 5.95 Å². The topological polar surface area (TPSA) is 89.9 Å². The molecule has 3 heterocycles. The average Bonchev–Trinajstić information content (AvgIpc) is 3.14. The third kappa shape index (κ3) is 3.67. The second kappa shape index (κ2) is 7.19. The van der Waals surface area contributed by atoms with Gasteiger partial charge >= 0.3 is 0 Å². The van der Waals surface area contributed by atoms with Gasteiger partial charge in [0, 0.05) is 37.0 Å². The van der Waals surface area contributed by atoms with Gasteiger partial charge in [-0.1, -0.05) is 0 Å². The zero-order chi connectivity index (χ0) is 18.8. The highest BCUT2D eigenvalue weighted by Crippen LogP contribution is 2.26. The van der Waals surface area contributed by atoms with Crippen molar-refractivity contribution in [1.82, 2.24) is 24.6 Å². The molecule has 0 spiro atoms. The lowest BCUT2D eigenvalue weighted by Crippen LogP contribution is -2.39. The van der Waals surface area contributed by atoms with Gasteiger partial charge in [-0.05, 0) is 56.2 Å². The molecule has 1 amide bonds. The van der Waals surface area contributed by atoms with Gasteiger partial charge in [0.05, 0.1) is 17.1 Å². The molecule has 1 aliphatic rings. The summed E-state index contributed by atoms with van der Waals surface area (Å²) < 4.78 is 1.81. The Morgan fingerprint density at radius 1 is 1.19 bits per heavy atom. The van der Waals surface area contributed by atoms with Crippen LogP contribution in [0.1, 0.15) is 40.5 Å². The van der Waals surface area contributed by atoms with E-state index in [9.17, 15) is 4.79 Å². The predicted molar refractivity (Wildman–Crippen MR) is 103 cm³/mol. The SMILES string of the molecule is Cc1ccn(-c2ccc(C(=O)N3CCCC(c4ccnc(N)n4)C3)cc2)n1. The number of anilines is 1. The van der Waals surface area contributed by atoms with Crippen LogP contribution in [0.2, 0.25) is 0 Å². The first-order valence-corrected chi connectivity index (χ1v) is 9.10. The number of nitrogen functional groups attached to an aromatic ring is 1. The van der Waals surface area contributed by atoms with Crippen LogP contribution in [0.3, 0.4) is 0 Å². The highest BCUT2D eigenvalue weighted by atomic mass is 16.2. The van der Waals surface area contributed by atoms with Crippen LogP contribution >= 0.6 is 0 Å². The van der Waals surface area contributed by atoms with Gasteiger partial charge < -0.3 is 10.6 Å². The molecule has 7 nitrogen and oxygen atoms in total. The average molecular weight is 362 g/mol. The maximum Gasteiger partial charge on any atom is 0.253 e. The normalized spacial score (nSPS) is 17.1. The van der Waals surface area contributed by atoms with E-state index >= 15 is 0 Å². The second-order valence-electron chi connectivity index (χ2n) is 6.88. The molecule has 3 aromatic rings. The minimum atomic E-state index is 0.0462. The van der Waals surface area contributed by atoms with Gasteiger partial charge in [0.15, 0.2) is 0 Å². The molecule has 2 N–H and O–H groups in total. The molecule has 0 saturated carbocycles. The molecule has 1 unspecified atom stereocenters. The van der Waals surface area contributed by atoms with Crippen LogP contribution in [0.5, 0.6) is 0 Å². The Morgan fingerprint density at radius 2 is 2.00 bits per heavy atom. The summed E-state index contributed by atoms with van der Waals surface area (Å²) in [6, 6.07) is 11.4. The number of nitrogens with zero attached hydrogens (tertiary/aromatic N) is 5. The molecule has 2 aromatic heterocycles. The van der Waals surface area contributed by atoms with Crippen molar-refractivity contribution < 1.29 is 4.79 Å². The smallest absolute Gasteiger partial charge is 0.253 e. The largest absolute Gasteiger partial charge is 0.368 e. The van der Waals surface area contributed by atoms with Crippen molar-refractivity contribution in [3.63, 3.8) is 0 Å². The third-order valence-corrected chi connectivity index (χ3v) is 4.92. The standard InChI is InChI=1S/C20H22N6O/c1-14-9-12-26(24-14)17-6-4-15(5-7-17)19(27)25-11-2-3-16(13-25)18-8-10-22-20(21)23-18/h4-10,12,16H,2-3,11,13H2,1H3,(H2,21,22,23). The molecule has 0 aliphatic carbocycles. The van der Waals surface area contributed by atoms with Crippen LogP contribution in [0.25, 0.3) is 5.69 Å². The lowest BCUT2D eigenvalue weighted by molar-refractivity contribution is 0.0706. The fraction of sp³-hybridized carbons (Fsp3) is 0.300. The molecule has 138 valence electrons. The molecule has 1 aliphatic heterocycles. The number of carbonyl (C=O) groups excluding carboxylic acids is 1. The molecule has 1 saturated heterocycles. The summed E-state index contributed by atoms with van der Waals surface area (Å²) in [5.74, 6) is 0.518. The van der Waals surface area contributed by atoms with Crippen LogP contribution in [0.15, 0.2) is 48.8 Å². The Hall–Kier alpha value is -3.22. The van der Waals surface area contributed by atoms with E-state index in [1.54, 1.807) is 10.9 Å². The van der Waals surface area contributed by atoms with Crippen molar-refractivity contribution in [2.75, 3.05) is 18.8 Å². The zero-order valence-electron chi connectivity index (χ0n) is 15.2. The summed E-state index contributed by atoms with van der Waals surface area (Å²) in [5, 5.41) is 4.39. The van der Waals surface area contributed by atoms with Crippen LogP contribution in [-0.2, 0) is 0 Å². The molecule has 0 bridgehead atoms. The van der Waals surface area contributed by atoms with E-state index in [2.05, 4.69) is 15.1 Å². The Kier molecular flexibility index (Phi) is 4.58. The van der Waals surface area contributed by atoms with Crippen molar-refractivity contribution in [3.8, 4) is 5.69 Å². The maximum absolute atomic E-state index is 12.9. The number of aryl methyl sites for hydroxylation is 1. The summed E-state index contributed by atoms with van der Waals surface area (Å²) in [7, 11) is 0. The van der Waals surface area contributed by atoms with Crippen LogP contribution in [-0.4, -0.2) is 43.6 Å². The monoisotopic (exact) mass is 362 g/mol. The summed E-state index contributed by atoms with van der Waals surface area (Å²) in [5.41, 5.74) is 9.19. The van der Waals surface area contributed by atoms with Gasteiger partial charge in [-0.25, -0.2) is 14.6 Å². The zero-order valence-corrected chi connectivity index (χ0v) is 15.2. The minimum absolute atomic E-state index is 0.0462. The van der Waals surface area contributed by atoms with Gasteiger partial charge in [-0.2, -0.15) is 5.10 Å². The van der Waals surface area contributed by atoms with E-state index in [1.165, 1.54) is 0 Å². The van der Waals surface area contributed by atoms with Crippen LogP contribution in [0, 0.1) is 6.92 Å². The van der Waals surface area contributed by atoms with Gasteiger partial charge in [-0.3, -0.25) is 4.79 Å². The quantitative estimate of drug-likeness (QED) is 0.773. The summed E-state index contributed by atoms with van der Waals surface area (Å²) in [6.45, 7) is 3.36. The van der Waals surface area contributed by atoms with Crippen molar-refractivity contribution >= 4 is 11.9 Å². The first-order valence-electron chi connectivity index (χ1n) is 9.10. The number of rotatable bonds is 3. The number of nitrogens with two attached hydrogens (primary N) is 1. The Bertz CT molecular complexity index is 949. The van der Waals surface area contributed by atoms with E-state index in [1.807, 2.05) is 54.4 Å². The molecule has 0 radical (unpaired) electrons. The summed E-state index contributed by atoms with van der Waals surface area (Å²) >= 11 is 0. The number of aromatic nitrogens is 4. The first-order chi connectivity index (χ1) is 13.1. The van der Waals surface area contributed by atoms with E-state index in [0.29, 0.717) is 12.1 Å². The van der Waals surface area contributed by atoms with Crippen molar-refractivity contribution in [2.45, 2.75) is 25.7 Å². The Balaban J connectivity index is 1.48. The number of piperidine rings is 1. The predicted octanol–water partition coefficient (Wildman–Crippen LogP) is 2.57. The highest BCUT2D eigenvalue weighted by molar-refractivity contribution is 5.94. The molecule has 7 heteroatoms. The Morgan fingerprint density at radius 3 is 2.70 bits per heavy atom. The van der Waals surface area contributed by atoms with Crippen LogP contribution < -0.4 is 5.73 Å². The number of amides is 1. The van der Waals surface area contributed by atoms with Gasteiger partial charge in [0.25, 0.3) is 5.91 Å². The molecule has 1 aromatic carbocycles. The molecular formula is C20H22N6O. The molecule has 27 heavy (non-hydrogen) atoms. The van der Waals surface area contributed by atoms with E-state index < -0.39 is 0 Å². The minimum Gasteiger partial charge on any atom is -0.368 e. The van der Waals surface area contributed by atoms with Gasteiger partial charge in [-0.15, -0.1) is 0 Å². The lowest BCUT2D eigenvalue weighted by atomic mass is 9.94. The van der Waals surface area contributed by atoms with Gasteiger partial charge in [0.1, 0.15) is 0 Å². The molecular weight excluding hydrogens is 340 g/mol. The molecule has 4 rings (SSSR count). The lowest BCUT2D eigenvalue weighted by Gasteiger charge is -2.32. The molecule has 1 fully saturated rings. The Labute approximate surface area is 157 Å². The fourth-order valence-corrected chi connectivity index (χ4v) is 3.52. The second-order valence-corrected chi connectivity index (χ2v) is 6.88. The fourth-order valence-electron chi connectivity index (χ4n) is 3.52. The summed E-state index contributed by atoms with van der Waals surface area (Å²) in [6.07, 6.45) is 5.53. The van der Waals surface area contributed by atoms with E-state index in [-0.39, 0.29) is 17.8 Å². The summed E-state index contributed by atoms with van der Waals surface area (Å²) in [4.78, 5) is 23.1.